The van der Waals surface area contributed by atoms with Gasteiger partial charge in [0.25, 0.3) is 11.4 Å². The molecule has 0 aliphatic carbocycles. The van der Waals surface area contributed by atoms with Crippen molar-refractivity contribution in [3.05, 3.63) is 73.4 Å². The lowest BCUT2D eigenvalue weighted by atomic mass is 10.2. The van der Waals surface area contributed by atoms with Crippen LogP contribution < -0.4 is 16.1 Å². The normalized spacial score (nSPS) is 11.5. The molecular formula is C22H18ClF4N3O6S. The lowest BCUT2D eigenvalue weighted by Crippen LogP contribution is -2.41. The second-order valence-corrected chi connectivity index (χ2v) is 8.84. The highest BCUT2D eigenvalue weighted by Gasteiger charge is 2.35. The van der Waals surface area contributed by atoms with Crippen LogP contribution in [0.5, 0.6) is 5.88 Å². The number of rotatable bonds is 8. The van der Waals surface area contributed by atoms with E-state index in [2.05, 4.69) is 9.87 Å². The average Bonchev–Trinajstić information content (AvgIpc) is 2.81. The fourth-order valence-corrected chi connectivity index (χ4v) is 4.43. The first-order chi connectivity index (χ1) is 17.3. The highest BCUT2D eigenvalue weighted by molar-refractivity contribution is 7.99. The van der Waals surface area contributed by atoms with E-state index in [0.717, 1.165) is 37.9 Å². The first-order valence-electron chi connectivity index (χ1n) is 10.2. The zero-order valence-corrected chi connectivity index (χ0v) is 21.0. The summed E-state index contributed by atoms with van der Waals surface area (Å²) in [6.07, 6.45) is -3.25. The minimum atomic E-state index is -4.98. The molecule has 1 aromatic carbocycles. The molecule has 0 atom stereocenters. The molecule has 0 N–H and O–H groups in total. The Morgan fingerprint density at radius 3 is 2.54 bits per heavy atom. The maximum absolute atomic E-state index is 14.9. The van der Waals surface area contributed by atoms with Crippen molar-refractivity contribution in [2.75, 3.05) is 13.7 Å². The number of aromatic nitrogens is 3. The summed E-state index contributed by atoms with van der Waals surface area (Å²) >= 11 is 7.09. The molecule has 0 aliphatic heterocycles. The Kier molecular flexibility index (Phi) is 8.66. The quantitative estimate of drug-likeness (QED) is 0.231. The largest absolute Gasteiger partial charge is 0.431 e. The van der Waals surface area contributed by atoms with E-state index in [9.17, 15) is 31.9 Å². The molecule has 3 aromatic rings. The molecule has 3 rings (SSSR count). The van der Waals surface area contributed by atoms with Gasteiger partial charge >= 0.3 is 17.8 Å². The van der Waals surface area contributed by atoms with E-state index in [-0.39, 0.29) is 42.5 Å². The lowest BCUT2D eigenvalue weighted by Gasteiger charge is -2.16. The predicted molar refractivity (Wildman–Crippen MR) is 124 cm³/mol. The van der Waals surface area contributed by atoms with E-state index >= 15 is 0 Å². The minimum absolute atomic E-state index is 0.0891. The van der Waals surface area contributed by atoms with Gasteiger partial charge in [0.1, 0.15) is 11.5 Å². The van der Waals surface area contributed by atoms with Gasteiger partial charge in [0, 0.05) is 38.2 Å². The van der Waals surface area contributed by atoms with Crippen LogP contribution in [-0.4, -0.2) is 33.8 Å². The third kappa shape index (κ3) is 6.32. The number of carbonyl (C=O) groups is 1. The van der Waals surface area contributed by atoms with E-state index in [1.54, 1.807) is 6.07 Å². The molecule has 15 heteroatoms. The van der Waals surface area contributed by atoms with Gasteiger partial charge in [-0.15, -0.1) is 0 Å². The Bertz CT molecular complexity index is 1460. The number of pyridine rings is 1. The second-order valence-electron chi connectivity index (χ2n) is 7.38. The highest BCUT2D eigenvalue weighted by Crippen LogP contribution is 2.41. The second kappa shape index (κ2) is 11.4. The highest BCUT2D eigenvalue weighted by atomic mass is 35.5. The van der Waals surface area contributed by atoms with Crippen molar-refractivity contribution in [2.24, 2.45) is 7.05 Å². The summed E-state index contributed by atoms with van der Waals surface area (Å²) in [5.41, 5.74) is -4.33. The molecule has 0 amide bonds. The molecular weight excluding hydrogens is 546 g/mol. The molecule has 9 nitrogen and oxygen atoms in total. The fraction of sp³-hybridized carbons (Fsp3) is 0.273. The molecule has 0 aliphatic rings. The first-order valence-corrected chi connectivity index (χ1v) is 11.4. The number of halogens is 5. The van der Waals surface area contributed by atoms with E-state index in [1.807, 2.05) is 0 Å². The van der Waals surface area contributed by atoms with Gasteiger partial charge in [0.05, 0.1) is 22.2 Å². The van der Waals surface area contributed by atoms with Crippen molar-refractivity contribution in [2.45, 2.75) is 29.3 Å². The smallest absolute Gasteiger partial charge is 0.384 e. The van der Waals surface area contributed by atoms with Crippen LogP contribution in [-0.2, 0) is 34.1 Å². The van der Waals surface area contributed by atoms with Gasteiger partial charge in [0.2, 0.25) is 0 Å². The molecule has 0 bridgehead atoms. The molecule has 0 saturated heterocycles. The van der Waals surface area contributed by atoms with E-state index in [0.29, 0.717) is 12.0 Å². The topological polar surface area (TPSA) is 102 Å². The zero-order valence-electron chi connectivity index (χ0n) is 19.4. The third-order valence-electron chi connectivity index (χ3n) is 4.83. The van der Waals surface area contributed by atoms with Gasteiger partial charge < -0.3 is 4.74 Å². The van der Waals surface area contributed by atoms with Crippen molar-refractivity contribution in [1.82, 2.24) is 14.1 Å². The lowest BCUT2D eigenvalue weighted by molar-refractivity contribution is -0.213. The maximum Gasteiger partial charge on any atom is 0.431 e. The van der Waals surface area contributed by atoms with Crippen molar-refractivity contribution in [1.29, 1.82) is 0 Å². The summed E-state index contributed by atoms with van der Waals surface area (Å²) in [7, 11) is 2.29. The molecule has 2 aromatic heterocycles. The summed E-state index contributed by atoms with van der Waals surface area (Å²) in [5.74, 6) is -2.03. The van der Waals surface area contributed by atoms with Gasteiger partial charge in [-0.05, 0) is 30.2 Å². The van der Waals surface area contributed by atoms with Crippen LogP contribution in [0.25, 0.3) is 5.69 Å². The summed E-state index contributed by atoms with van der Waals surface area (Å²) in [6.45, 7) is 1.39. The molecule has 0 fully saturated rings. The fourth-order valence-electron chi connectivity index (χ4n) is 3.14. The van der Waals surface area contributed by atoms with Crippen molar-refractivity contribution >= 4 is 29.3 Å². The Balaban J connectivity index is 2.17. The van der Waals surface area contributed by atoms with Gasteiger partial charge in [-0.2, -0.15) is 13.2 Å². The Labute approximate surface area is 215 Å². The molecule has 2 heterocycles. The van der Waals surface area contributed by atoms with E-state index in [1.165, 1.54) is 13.3 Å². The number of alkyl halides is 3. The van der Waals surface area contributed by atoms with Gasteiger partial charge in [-0.1, -0.05) is 23.4 Å². The van der Waals surface area contributed by atoms with Crippen LogP contribution in [0.2, 0.25) is 5.02 Å². The number of hydrogen-bond donors (Lipinski definition) is 0. The van der Waals surface area contributed by atoms with Crippen molar-refractivity contribution in [3.63, 3.8) is 0 Å². The van der Waals surface area contributed by atoms with Crippen LogP contribution in [0.3, 0.4) is 0 Å². The zero-order chi connectivity index (χ0) is 27.5. The number of methoxy groups -OCH3 is 1. The maximum atomic E-state index is 14.9. The summed E-state index contributed by atoms with van der Waals surface area (Å²) in [5, 5.41) is -0.150. The summed E-state index contributed by atoms with van der Waals surface area (Å²) < 4.78 is 60.0. The van der Waals surface area contributed by atoms with Crippen LogP contribution in [0, 0.1) is 5.82 Å². The van der Waals surface area contributed by atoms with Crippen LogP contribution >= 0.6 is 23.4 Å². The number of hydrogen-bond acceptors (Lipinski definition) is 8. The van der Waals surface area contributed by atoms with Gasteiger partial charge in [-0.25, -0.2) is 28.4 Å². The molecule has 198 valence electrons. The van der Waals surface area contributed by atoms with Gasteiger partial charge in [0.15, 0.2) is 0 Å². The number of nitrogens with zero attached hydrogens (tertiary/aromatic N) is 3. The van der Waals surface area contributed by atoms with Crippen LogP contribution in [0.15, 0.2) is 49.8 Å². The third-order valence-corrected chi connectivity index (χ3v) is 6.46. The first kappa shape index (κ1) is 28.2. The van der Waals surface area contributed by atoms with E-state index < -0.39 is 40.6 Å². The predicted octanol–water partition coefficient (Wildman–Crippen LogP) is 3.94. The van der Waals surface area contributed by atoms with Crippen LogP contribution in [0.4, 0.5) is 17.6 Å². The monoisotopic (exact) mass is 563 g/mol. The SMILES string of the molecule is COCCc1ccnc(OOC(C)=O)c1Sc1cc(-n2c(=O)cc(C(F)(F)F)n(C)c2=O)c(F)cc1Cl. The molecule has 0 saturated carbocycles. The number of benzene rings is 1. The van der Waals surface area contributed by atoms with Gasteiger partial charge in [-0.3, -0.25) is 14.2 Å². The molecule has 0 spiro atoms. The average molecular weight is 564 g/mol. The van der Waals surface area contributed by atoms with Crippen molar-refractivity contribution in [3.8, 4) is 11.6 Å². The molecule has 0 radical (unpaired) electrons. The minimum Gasteiger partial charge on any atom is -0.384 e. The Hall–Kier alpha value is -3.36. The van der Waals surface area contributed by atoms with Crippen LogP contribution in [0.1, 0.15) is 18.2 Å². The summed E-state index contributed by atoms with van der Waals surface area (Å²) in [4.78, 5) is 50.4. The number of carbonyl (C=O) groups excluding carboxylic acids is 1. The summed E-state index contributed by atoms with van der Waals surface area (Å²) in [6, 6.07) is 3.65. The van der Waals surface area contributed by atoms with Crippen molar-refractivity contribution < 1.29 is 36.9 Å². The van der Waals surface area contributed by atoms with E-state index in [4.69, 9.17) is 21.2 Å². The standard InChI is InChI=1S/C22H18ClF4N3O6S/c1-11(31)35-36-20-19(12(4-6-28-20)5-7-34-3)37-16-9-15(14(24)8-13(16)23)30-18(32)10-17(22(25,26)27)29(2)21(30)33/h4,6,8-10H,5,7H2,1-3H3. The number of ether oxygens (including phenoxy) is 1. The molecule has 37 heavy (non-hydrogen) atoms. The Morgan fingerprint density at radius 2 is 1.92 bits per heavy atom. The Morgan fingerprint density at radius 1 is 1.22 bits per heavy atom. The molecule has 0 unspecified atom stereocenters.